The predicted octanol–water partition coefficient (Wildman–Crippen LogP) is 3.36. The topological polar surface area (TPSA) is 58.2 Å². The molecule has 6 heteroatoms. The fraction of sp³-hybridized carbons (Fsp3) is 0.353. The van der Waals surface area contributed by atoms with Crippen LogP contribution in [-0.4, -0.2) is 16.5 Å². The van der Waals surface area contributed by atoms with Gasteiger partial charge in [0.1, 0.15) is 0 Å². The van der Waals surface area contributed by atoms with Gasteiger partial charge in [-0.3, -0.25) is 4.21 Å². The highest BCUT2D eigenvalue weighted by atomic mass is 32.2. The van der Waals surface area contributed by atoms with Gasteiger partial charge in [0.2, 0.25) is 0 Å². The molecule has 0 spiro atoms. The molecular weight excluding hydrogens is 328 g/mol. The zero-order valence-corrected chi connectivity index (χ0v) is 14.6. The van der Waals surface area contributed by atoms with E-state index in [-0.39, 0.29) is 12.1 Å². The molecule has 0 saturated heterocycles. The molecule has 3 rings (SSSR count). The summed E-state index contributed by atoms with van der Waals surface area (Å²) in [5.74, 6) is 0. The number of thiophene rings is 1. The first-order valence-corrected chi connectivity index (χ1v) is 10.1. The molecule has 0 unspecified atom stereocenters. The van der Waals surface area contributed by atoms with Crippen molar-refractivity contribution in [2.45, 2.75) is 36.7 Å². The van der Waals surface area contributed by atoms with Crippen molar-refractivity contribution in [3.63, 3.8) is 0 Å². The van der Waals surface area contributed by atoms with Crippen LogP contribution in [0.5, 0.6) is 0 Å². The van der Waals surface area contributed by atoms with Crippen LogP contribution in [0.25, 0.3) is 0 Å². The first-order chi connectivity index (χ1) is 11.1. The van der Waals surface area contributed by atoms with Gasteiger partial charge in [0.25, 0.3) is 0 Å². The van der Waals surface area contributed by atoms with Gasteiger partial charge >= 0.3 is 6.03 Å². The molecule has 0 saturated carbocycles. The molecule has 2 N–H and O–H groups in total. The molecule has 1 aliphatic rings. The van der Waals surface area contributed by atoms with Crippen molar-refractivity contribution in [1.82, 2.24) is 10.6 Å². The third-order valence-corrected chi connectivity index (χ3v) is 6.00. The largest absolute Gasteiger partial charge is 0.334 e. The van der Waals surface area contributed by atoms with Crippen molar-refractivity contribution in [3.05, 3.63) is 51.7 Å². The summed E-state index contributed by atoms with van der Waals surface area (Å²) >= 11 is 1.77. The molecule has 2 aromatic rings. The Morgan fingerprint density at radius 2 is 2.09 bits per heavy atom. The Hall–Kier alpha value is -1.66. The van der Waals surface area contributed by atoms with Crippen LogP contribution in [0.15, 0.2) is 40.6 Å². The molecule has 0 radical (unpaired) electrons. The number of fused-ring (bicyclic) bond motifs is 1. The molecule has 2 amide bonds. The molecule has 23 heavy (non-hydrogen) atoms. The van der Waals surface area contributed by atoms with Gasteiger partial charge in [-0.2, -0.15) is 0 Å². The minimum absolute atomic E-state index is 0.120. The highest BCUT2D eigenvalue weighted by molar-refractivity contribution is 7.84. The number of hydrogen-bond donors (Lipinski definition) is 2. The number of hydrogen-bond acceptors (Lipinski definition) is 3. The molecule has 0 fully saturated rings. The lowest BCUT2D eigenvalue weighted by atomic mass is 9.94. The molecular formula is C17H20N2O2S2. The van der Waals surface area contributed by atoms with Crippen LogP contribution in [0.1, 0.15) is 34.9 Å². The van der Waals surface area contributed by atoms with Crippen LogP contribution >= 0.6 is 11.3 Å². The maximum Gasteiger partial charge on any atom is 0.315 e. The number of rotatable bonds is 4. The Labute approximate surface area is 142 Å². The second-order valence-corrected chi connectivity index (χ2v) is 8.05. The van der Waals surface area contributed by atoms with Gasteiger partial charge in [-0.05, 0) is 54.0 Å². The highest BCUT2D eigenvalue weighted by Gasteiger charge is 2.22. The van der Waals surface area contributed by atoms with Crippen LogP contribution in [0.3, 0.4) is 0 Å². The lowest BCUT2D eigenvalue weighted by Crippen LogP contribution is -2.38. The third-order valence-electron chi connectivity index (χ3n) is 4.07. The van der Waals surface area contributed by atoms with E-state index in [2.05, 4.69) is 22.1 Å². The van der Waals surface area contributed by atoms with Gasteiger partial charge in [-0.1, -0.05) is 12.1 Å². The summed E-state index contributed by atoms with van der Waals surface area (Å²) in [5.41, 5.74) is 2.26. The van der Waals surface area contributed by atoms with Crippen LogP contribution < -0.4 is 10.6 Å². The van der Waals surface area contributed by atoms with E-state index in [0.29, 0.717) is 6.54 Å². The maximum absolute atomic E-state index is 12.1. The van der Waals surface area contributed by atoms with Gasteiger partial charge in [-0.25, -0.2) is 4.79 Å². The van der Waals surface area contributed by atoms with E-state index in [0.717, 1.165) is 29.7 Å². The minimum atomic E-state index is -0.971. The van der Waals surface area contributed by atoms with Crippen molar-refractivity contribution in [1.29, 1.82) is 0 Å². The second-order valence-electron chi connectivity index (χ2n) is 5.67. The SMILES string of the molecule is C[S@](=O)c1ccc(CNC(=O)N[C@@H]2CCCc3sccc32)cc1. The monoisotopic (exact) mass is 348 g/mol. The van der Waals surface area contributed by atoms with Crippen molar-refractivity contribution in [2.75, 3.05) is 6.26 Å². The minimum Gasteiger partial charge on any atom is -0.334 e. The summed E-state index contributed by atoms with van der Waals surface area (Å²) in [6.07, 6.45) is 4.89. The molecule has 1 aromatic carbocycles. The molecule has 1 heterocycles. The van der Waals surface area contributed by atoms with E-state index in [1.807, 2.05) is 24.3 Å². The van der Waals surface area contributed by atoms with Crippen molar-refractivity contribution in [2.24, 2.45) is 0 Å². The zero-order valence-electron chi connectivity index (χ0n) is 13.0. The standard InChI is InChI=1S/C17H20N2O2S2/c1-23(21)13-7-5-12(6-8-13)11-18-17(20)19-15-3-2-4-16-14(15)9-10-22-16/h5-10,15H,2-4,11H2,1H3,(H2,18,19,20)/t15-,23+/m1/s1. The lowest BCUT2D eigenvalue weighted by molar-refractivity contribution is 0.235. The van der Waals surface area contributed by atoms with Gasteiger partial charge in [0, 0.05) is 33.4 Å². The summed E-state index contributed by atoms with van der Waals surface area (Å²) in [7, 11) is -0.971. The van der Waals surface area contributed by atoms with E-state index >= 15 is 0 Å². The van der Waals surface area contributed by atoms with Crippen molar-refractivity contribution < 1.29 is 9.00 Å². The number of carbonyl (C=O) groups excluding carboxylic acids is 1. The Balaban J connectivity index is 1.53. The smallest absolute Gasteiger partial charge is 0.315 e. The van der Waals surface area contributed by atoms with E-state index < -0.39 is 10.8 Å². The van der Waals surface area contributed by atoms with E-state index in [4.69, 9.17) is 0 Å². The van der Waals surface area contributed by atoms with Gasteiger partial charge in [0.15, 0.2) is 0 Å². The zero-order chi connectivity index (χ0) is 16.2. The highest BCUT2D eigenvalue weighted by Crippen LogP contribution is 2.33. The molecule has 0 bridgehead atoms. The summed E-state index contributed by atoms with van der Waals surface area (Å²) in [6, 6.07) is 9.57. The fourth-order valence-electron chi connectivity index (χ4n) is 2.83. The van der Waals surface area contributed by atoms with E-state index in [1.165, 1.54) is 10.4 Å². The first kappa shape index (κ1) is 16.2. The summed E-state index contributed by atoms with van der Waals surface area (Å²) in [6.45, 7) is 0.464. The lowest BCUT2D eigenvalue weighted by Gasteiger charge is -2.23. The van der Waals surface area contributed by atoms with Gasteiger partial charge in [-0.15, -0.1) is 11.3 Å². The average Bonchev–Trinajstić information content (AvgIpc) is 3.03. The van der Waals surface area contributed by atoms with Gasteiger partial charge < -0.3 is 10.6 Å². The van der Waals surface area contributed by atoms with E-state index in [1.54, 1.807) is 17.6 Å². The number of urea groups is 1. The summed E-state index contributed by atoms with van der Waals surface area (Å²) in [4.78, 5) is 14.3. The van der Waals surface area contributed by atoms with Crippen LogP contribution in [-0.2, 0) is 23.8 Å². The Bertz CT molecular complexity index is 710. The molecule has 1 aromatic heterocycles. The molecule has 0 aliphatic heterocycles. The summed E-state index contributed by atoms with van der Waals surface area (Å²) in [5, 5.41) is 8.06. The van der Waals surface area contributed by atoms with Crippen LogP contribution in [0.4, 0.5) is 4.79 Å². The third kappa shape index (κ3) is 4.00. The van der Waals surface area contributed by atoms with Gasteiger partial charge in [0.05, 0.1) is 6.04 Å². The Kier molecular flexibility index (Phi) is 5.13. The fourth-order valence-corrected chi connectivity index (χ4v) is 4.33. The average molecular weight is 348 g/mol. The first-order valence-electron chi connectivity index (χ1n) is 7.66. The normalized spacial score (nSPS) is 18.0. The Morgan fingerprint density at radius 3 is 2.83 bits per heavy atom. The summed E-state index contributed by atoms with van der Waals surface area (Å²) < 4.78 is 11.4. The molecule has 2 atom stereocenters. The predicted molar refractivity (Wildman–Crippen MR) is 94.1 cm³/mol. The number of nitrogens with one attached hydrogen (secondary N) is 2. The maximum atomic E-state index is 12.1. The van der Waals surface area contributed by atoms with Crippen molar-refractivity contribution in [3.8, 4) is 0 Å². The van der Waals surface area contributed by atoms with Crippen LogP contribution in [0, 0.1) is 0 Å². The van der Waals surface area contributed by atoms with E-state index in [9.17, 15) is 9.00 Å². The molecule has 1 aliphatic carbocycles. The number of amides is 2. The van der Waals surface area contributed by atoms with Crippen molar-refractivity contribution >= 4 is 28.2 Å². The Morgan fingerprint density at radius 1 is 1.30 bits per heavy atom. The van der Waals surface area contributed by atoms with Crippen LogP contribution in [0.2, 0.25) is 0 Å². The molecule has 4 nitrogen and oxygen atoms in total. The quantitative estimate of drug-likeness (QED) is 0.890. The molecule has 122 valence electrons. The second kappa shape index (κ2) is 7.27. The number of benzene rings is 1. The number of aryl methyl sites for hydroxylation is 1. The number of carbonyl (C=O) groups is 1.